The molecule has 1 aliphatic carbocycles. The normalized spacial score (nSPS) is 18.5. The molecule has 0 aliphatic heterocycles. The van der Waals surface area contributed by atoms with Crippen molar-refractivity contribution in [2.75, 3.05) is 0 Å². The molecule has 1 aliphatic rings. The van der Waals surface area contributed by atoms with Gasteiger partial charge in [-0.3, -0.25) is 4.79 Å². The number of hydrogen-bond acceptors (Lipinski definition) is 1. The van der Waals surface area contributed by atoms with Crippen LogP contribution in [0.4, 0.5) is 0 Å². The highest BCUT2D eigenvalue weighted by Crippen LogP contribution is 2.39. The van der Waals surface area contributed by atoms with Crippen LogP contribution in [0, 0.1) is 23.2 Å². The van der Waals surface area contributed by atoms with Crippen LogP contribution < -0.4 is 0 Å². The van der Waals surface area contributed by atoms with Crippen molar-refractivity contribution in [3.05, 3.63) is 24.8 Å². The monoisotopic (exact) mass is 545 g/mol. The lowest BCUT2D eigenvalue weighted by Crippen LogP contribution is -2.25. The van der Waals surface area contributed by atoms with E-state index in [0.29, 0.717) is 11.2 Å². The Labute approximate surface area is 247 Å². The van der Waals surface area contributed by atoms with E-state index in [-0.39, 0.29) is 0 Å². The molecule has 0 saturated heterocycles. The van der Waals surface area contributed by atoms with Gasteiger partial charge in [-0.05, 0) is 87.4 Å². The van der Waals surface area contributed by atoms with Crippen molar-refractivity contribution in [1.29, 1.82) is 0 Å². The molecule has 1 fully saturated rings. The fraction of sp³-hybridized carbons (Fsp3) is 0.868. The number of hydrogen-bond donors (Lipinski definition) is 0. The van der Waals surface area contributed by atoms with E-state index in [1.54, 1.807) is 0 Å². The number of carbonyl (C=O) groups is 1. The number of carbonyl (C=O) groups excluding carboxylic acids is 1. The third kappa shape index (κ3) is 23.5. The highest BCUT2D eigenvalue weighted by molar-refractivity contribution is 5.78. The molecular formula is C38H72O. The molecule has 1 atom stereocenters. The molecule has 0 bridgehead atoms. The summed E-state index contributed by atoms with van der Waals surface area (Å²) in [5, 5.41) is 0. The molecule has 230 valence electrons. The fourth-order valence-electron chi connectivity index (χ4n) is 6.06. The van der Waals surface area contributed by atoms with Crippen LogP contribution in [0.1, 0.15) is 189 Å². The van der Waals surface area contributed by atoms with Gasteiger partial charge >= 0.3 is 0 Å². The van der Waals surface area contributed by atoms with Gasteiger partial charge in [-0.25, -0.2) is 0 Å². The molecule has 39 heavy (non-hydrogen) atoms. The Morgan fingerprint density at radius 3 is 1.74 bits per heavy atom. The summed E-state index contributed by atoms with van der Waals surface area (Å²) in [6, 6.07) is 0. The molecule has 0 spiro atoms. The Balaban J connectivity index is 0.000000992. The van der Waals surface area contributed by atoms with Crippen LogP contribution in [0.2, 0.25) is 0 Å². The summed E-state index contributed by atoms with van der Waals surface area (Å²) in [7, 11) is 0. The SMILES string of the molecule is C=CC1CCC(C(C)(C)C)CC1.CCCCC/C=C\CCCCCCCCCCC(=O)CCC(CC)CCC. The van der Waals surface area contributed by atoms with Crippen molar-refractivity contribution in [2.24, 2.45) is 23.2 Å². The lowest BCUT2D eigenvalue weighted by atomic mass is 9.70. The van der Waals surface area contributed by atoms with Crippen molar-refractivity contribution in [3.8, 4) is 0 Å². The van der Waals surface area contributed by atoms with Crippen LogP contribution in [0.5, 0.6) is 0 Å². The smallest absolute Gasteiger partial charge is 0.132 e. The third-order valence-electron chi connectivity index (χ3n) is 9.15. The fourth-order valence-corrected chi connectivity index (χ4v) is 6.06. The van der Waals surface area contributed by atoms with Crippen molar-refractivity contribution < 1.29 is 4.79 Å². The van der Waals surface area contributed by atoms with E-state index in [0.717, 1.165) is 43.4 Å². The molecule has 0 aromatic carbocycles. The van der Waals surface area contributed by atoms with Crippen LogP contribution in [0.15, 0.2) is 24.8 Å². The van der Waals surface area contributed by atoms with Gasteiger partial charge in [0, 0.05) is 12.8 Å². The Hall–Kier alpha value is -0.850. The molecule has 0 heterocycles. The first-order valence-corrected chi connectivity index (χ1v) is 17.6. The lowest BCUT2D eigenvalue weighted by molar-refractivity contribution is -0.119. The molecule has 1 unspecified atom stereocenters. The topological polar surface area (TPSA) is 17.1 Å². The molecule has 1 saturated carbocycles. The summed E-state index contributed by atoms with van der Waals surface area (Å²) in [5.74, 6) is 3.03. The minimum absolute atomic E-state index is 0.507. The number of rotatable bonds is 22. The van der Waals surface area contributed by atoms with Gasteiger partial charge < -0.3 is 0 Å². The predicted molar refractivity (Wildman–Crippen MR) is 177 cm³/mol. The average molecular weight is 545 g/mol. The number of unbranched alkanes of at least 4 members (excludes halogenated alkanes) is 11. The second kappa shape index (κ2) is 26.1. The zero-order chi connectivity index (χ0) is 29.2. The molecule has 0 aromatic heterocycles. The van der Waals surface area contributed by atoms with Crippen molar-refractivity contribution in [2.45, 2.75) is 189 Å². The van der Waals surface area contributed by atoms with Crippen molar-refractivity contribution >= 4 is 5.78 Å². The average Bonchev–Trinajstić information content (AvgIpc) is 2.93. The van der Waals surface area contributed by atoms with Gasteiger partial charge in [-0.15, -0.1) is 6.58 Å². The predicted octanol–water partition coefficient (Wildman–Crippen LogP) is 13.2. The summed E-state index contributed by atoms with van der Waals surface area (Å²) in [5.41, 5.74) is 0.520. The molecule has 1 nitrogen and oxygen atoms in total. The van der Waals surface area contributed by atoms with Gasteiger partial charge in [0.15, 0.2) is 0 Å². The van der Waals surface area contributed by atoms with Gasteiger partial charge in [0.1, 0.15) is 5.78 Å². The van der Waals surface area contributed by atoms with Gasteiger partial charge in [0.25, 0.3) is 0 Å². The summed E-state index contributed by atoms with van der Waals surface area (Å²) < 4.78 is 0. The molecule has 0 radical (unpaired) electrons. The molecule has 1 rings (SSSR count). The van der Waals surface area contributed by atoms with Gasteiger partial charge in [-0.2, -0.15) is 0 Å². The maximum atomic E-state index is 12.0. The molecular weight excluding hydrogens is 472 g/mol. The standard InChI is InChI=1S/C26H50O.C12H22/c1-4-7-8-9-10-11-12-13-14-15-16-17-18-19-20-22-26(27)24-23-25(6-3)21-5-2;1-5-10-6-8-11(9-7-10)12(2,3)4/h10-11,25H,4-9,12-24H2,1-3H3;5,10-11H,1,6-9H2,2-4H3/b11-10-;. The molecule has 0 amide bonds. The maximum Gasteiger partial charge on any atom is 0.132 e. The summed E-state index contributed by atoms with van der Waals surface area (Å²) in [6.45, 7) is 17.7. The minimum Gasteiger partial charge on any atom is -0.300 e. The highest BCUT2D eigenvalue weighted by atomic mass is 16.1. The Bertz CT molecular complexity index is 572. The van der Waals surface area contributed by atoms with Gasteiger partial charge in [0.2, 0.25) is 0 Å². The maximum absolute atomic E-state index is 12.0. The Kier molecular flexibility index (Phi) is 25.5. The minimum atomic E-state index is 0.507. The van der Waals surface area contributed by atoms with Crippen molar-refractivity contribution in [3.63, 3.8) is 0 Å². The summed E-state index contributed by atoms with van der Waals surface area (Å²) in [4.78, 5) is 12.0. The highest BCUT2D eigenvalue weighted by Gasteiger charge is 2.28. The van der Waals surface area contributed by atoms with Crippen LogP contribution in [-0.4, -0.2) is 5.78 Å². The lowest BCUT2D eigenvalue weighted by Gasteiger charge is -2.36. The summed E-state index contributed by atoms with van der Waals surface area (Å²) in [6.07, 6.45) is 36.1. The number of ketones is 1. The largest absolute Gasteiger partial charge is 0.300 e. The van der Waals surface area contributed by atoms with Crippen molar-refractivity contribution in [1.82, 2.24) is 0 Å². The van der Waals surface area contributed by atoms with Crippen LogP contribution in [0.3, 0.4) is 0 Å². The van der Waals surface area contributed by atoms with Gasteiger partial charge in [0.05, 0.1) is 0 Å². The first-order valence-electron chi connectivity index (χ1n) is 17.6. The molecule has 0 N–H and O–H groups in total. The Morgan fingerprint density at radius 2 is 1.26 bits per heavy atom. The first kappa shape index (κ1) is 38.1. The van der Waals surface area contributed by atoms with E-state index in [2.05, 4.69) is 66.3 Å². The third-order valence-corrected chi connectivity index (χ3v) is 9.15. The van der Waals surface area contributed by atoms with E-state index in [9.17, 15) is 4.79 Å². The Morgan fingerprint density at radius 1 is 0.718 bits per heavy atom. The molecule has 0 aromatic rings. The van der Waals surface area contributed by atoms with E-state index < -0.39 is 0 Å². The second-order valence-corrected chi connectivity index (χ2v) is 13.7. The van der Waals surface area contributed by atoms with E-state index in [4.69, 9.17) is 0 Å². The van der Waals surface area contributed by atoms with E-state index in [1.807, 2.05) is 0 Å². The van der Waals surface area contributed by atoms with Crippen LogP contribution >= 0.6 is 0 Å². The van der Waals surface area contributed by atoms with Gasteiger partial charge in [-0.1, -0.05) is 130 Å². The van der Waals surface area contributed by atoms with E-state index in [1.165, 1.54) is 122 Å². The summed E-state index contributed by atoms with van der Waals surface area (Å²) >= 11 is 0. The van der Waals surface area contributed by atoms with E-state index >= 15 is 0 Å². The zero-order valence-corrected chi connectivity index (χ0v) is 27.8. The number of Topliss-reactive ketones (excluding diaryl/α,β-unsaturated/α-hetero) is 1. The quantitative estimate of drug-likeness (QED) is 0.0978. The second-order valence-electron chi connectivity index (χ2n) is 13.7. The van der Waals surface area contributed by atoms with Crippen LogP contribution in [0.25, 0.3) is 0 Å². The van der Waals surface area contributed by atoms with Crippen LogP contribution in [-0.2, 0) is 4.79 Å². The molecule has 1 heteroatoms. The zero-order valence-electron chi connectivity index (χ0n) is 27.8. The number of allylic oxidation sites excluding steroid dienone is 3. The first-order chi connectivity index (χ1) is 18.8.